The van der Waals surface area contributed by atoms with Crippen molar-refractivity contribution in [3.63, 3.8) is 0 Å². The number of piperidine rings is 1. The van der Waals surface area contributed by atoms with Crippen LogP contribution in [-0.4, -0.2) is 64.8 Å². The van der Waals surface area contributed by atoms with E-state index in [9.17, 15) is 14.3 Å². The molecule has 1 amide bonds. The second-order valence-electron chi connectivity index (χ2n) is 10.3. The van der Waals surface area contributed by atoms with Crippen molar-refractivity contribution < 1.29 is 19.0 Å². The van der Waals surface area contributed by atoms with Gasteiger partial charge in [0.2, 0.25) is 11.9 Å². The minimum Gasteiger partial charge on any atom is -0.493 e. The summed E-state index contributed by atoms with van der Waals surface area (Å²) in [4.78, 5) is 25.1. The fourth-order valence-corrected chi connectivity index (χ4v) is 5.98. The first-order chi connectivity index (χ1) is 17.5. The first-order valence-electron chi connectivity index (χ1n) is 13.1. The molecule has 1 N–H and O–H groups in total. The Labute approximate surface area is 216 Å². The third-order valence-electron chi connectivity index (χ3n) is 8.04. The third kappa shape index (κ3) is 5.92. The summed E-state index contributed by atoms with van der Waals surface area (Å²) < 4.78 is 20.5. The predicted molar refractivity (Wildman–Crippen MR) is 136 cm³/mol. The molecule has 194 valence electrons. The van der Waals surface area contributed by atoms with Crippen molar-refractivity contribution in [1.82, 2.24) is 14.9 Å². The molecule has 9 heteroatoms. The van der Waals surface area contributed by atoms with Gasteiger partial charge in [0.1, 0.15) is 11.6 Å². The quantitative estimate of drug-likeness (QED) is 0.540. The van der Waals surface area contributed by atoms with Crippen LogP contribution in [-0.2, 0) is 11.2 Å². The van der Waals surface area contributed by atoms with E-state index in [1.807, 2.05) is 0 Å². The van der Waals surface area contributed by atoms with Gasteiger partial charge in [-0.3, -0.25) is 4.79 Å². The Morgan fingerprint density at radius 1 is 1.17 bits per heavy atom. The van der Waals surface area contributed by atoms with Gasteiger partial charge in [-0.05, 0) is 67.9 Å². The van der Waals surface area contributed by atoms with Crippen molar-refractivity contribution in [2.75, 3.05) is 37.7 Å². The Balaban J connectivity index is 1.03. The van der Waals surface area contributed by atoms with Gasteiger partial charge in [0, 0.05) is 25.7 Å². The maximum Gasteiger partial charge on any atom is 0.227 e. The van der Waals surface area contributed by atoms with Crippen molar-refractivity contribution in [2.45, 2.75) is 51.0 Å². The fourth-order valence-electron chi connectivity index (χ4n) is 5.88. The van der Waals surface area contributed by atoms with E-state index in [1.54, 1.807) is 29.4 Å². The van der Waals surface area contributed by atoms with Gasteiger partial charge < -0.3 is 19.6 Å². The number of amides is 1. The molecule has 7 nitrogen and oxygen atoms in total. The molecule has 3 atom stereocenters. The van der Waals surface area contributed by atoms with Gasteiger partial charge in [-0.2, -0.15) is 0 Å². The first kappa shape index (κ1) is 25.2. The molecule has 2 aliphatic heterocycles. The lowest BCUT2D eigenvalue weighted by atomic mass is 9.90. The van der Waals surface area contributed by atoms with Crippen LogP contribution in [0.4, 0.5) is 10.3 Å². The molecule has 1 aromatic carbocycles. The average molecular weight is 517 g/mol. The van der Waals surface area contributed by atoms with Gasteiger partial charge in [0.05, 0.1) is 43.1 Å². The number of aliphatic hydroxyl groups excluding tert-OH is 1. The number of aromatic nitrogens is 2. The van der Waals surface area contributed by atoms with Crippen molar-refractivity contribution in [2.24, 2.45) is 17.8 Å². The number of hydrogen-bond acceptors (Lipinski definition) is 6. The number of carbonyl (C=O) groups is 1. The van der Waals surface area contributed by atoms with E-state index in [4.69, 9.17) is 16.3 Å². The second-order valence-corrected chi connectivity index (χ2v) is 10.8. The monoisotopic (exact) mass is 516 g/mol. The molecule has 5 rings (SSSR count). The topological polar surface area (TPSA) is 78.8 Å². The Bertz CT molecular complexity index is 1050. The lowest BCUT2D eigenvalue weighted by Gasteiger charge is -2.32. The van der Waals surface area contributed by atoms with E-state index >= 15 is 0 Å². The van der Waals surface area contributed by atoms with Gasteiger partial charge in [-0.25, -0.2) is 14.4 Å². The summed E-state index contributed by atoms with van der Waals surface area (Å²) in [5, 5.41) is 9.98. The third-order valence-corrected chi connectivity index (χ3v) is 8.24. The molecule has 1 aliphatic carbocycles. The smallest absolute Gasteiger partial charge is 0.227 e. The molecule has 0 spiro atoms. The van der Waals surface area contributed by atoms with E-state index in [1.165, 1.54) is 12.5 Å². The van der Waals surface area contributed by atoms with Crippen molar-refractivity contribution in [3.8, 4) is 5.75 Å². The summed E-state index contributed by atoms with van der Waals surface area (Å²) in [6.45, 7) is 3.10. The van der Waals surface area contributed by atoms with Gasteiger partial charge in [-0.15, -0.1) is 0 Å². The molecule has 2 saturated heterocycles. The summed E-state index contributed by atoms with van der Waals surface area (Å²) in [6, 6.07) is 4.64. The SMILES string of the molecule is O=C(Cc1ccc(OCCC2CC2C2CCN(c3ncc(Cl)cn3)CC2)cc1F)N1CCCC1CO. The number of benzene rings is 1. The van der Waals surface area contributed by atoms with Crippen LogP contribution in [0.5, 0.6) is 5.75 Å². The lowest BCUT2D eigenvalue weighted by Crippen LogP contribution is -2.38. The van der Waals surface area contributed by atoms with Crippen LogP contribution in [0.2, 0.25) is 5.02 Å². The number of anilines is 1. The largest absolute Gasteiger partial charge is 0.493 e. The maximum atomic E-state index is 14.6. The highest BCUT2D eigenvalue weighted by molar-refractivity contribution is 6.30. The second kappa shape index (κ2) is 11.3. The van der Waals surface area contributed by atoms with Crippen LogP contribution in [0.25, 0.3) is 0 Å². The summed E-state index contributed by atoms with van der Waals surface area (Å²) >= 11 is 5.89. The zero-order chi connectivity index (χ0) is 25.1. The van der Waals surface area contributed by atoms with Gasteiger partial charge >= 0.3 is 0 Å². The lowest BCUT2D eigenvalue weighted by molar-refractivity contribution is -0.132. The predicted octanol–water partition coefficient (Wildman–Crippen LogP) is 4.12. The molecular formula is C27H34ClFN4O3. The molecule has 3 fully saturated rings. The van der Waals surface area contributed by atoms with Crippen molar-refractivity contribution in [1.29, 1.82) is 0 Å². The summed E-state index contributed by atoms with van der Waals surface area (Å²) in [6.07, 6.45) is 9.50. The van der Waals surface area contributed by atoms with E-state index in [0.717, 1.165) is 63.0 Å². The van der Waals surface area contributed by atoms with Crippen LogP contribution in [0.1, 0.15) is 44.1 Å². The molecule has 3 unspecified atom stereocenters. The molecule has 3 heterocycles. The molecule has 3 aliphatic rings. The summed E-state index contributed by atoms with van der Waals surface area (Å²) in [7, 11) is 0. The maximum absolute atomic E-state index is 14.6. The molecular weight excluding hydrogens is 483 g/mol. The zero-order valence-corrected chi connectivity index (χ0v) is 21.2. The average Bonchev–Trinajstić information content (AvgIpc) is 3.49. The Morgan fingerprint density at radius 3 is 2.67 bits per heavy atom. The highest BCUT2D eigenvalue weighted by Gasteiger charge is 2.43. The molecule has 1 aromatic heterocycles. The van der Waals surface area contributed by atoms with Crippen LogP contribution < -0.4 is 9.64 Å². The Morgan fingerprint density at radius 2 is 1.94 bits per heavy atom. The first-order valence-corrected chi connectivity index (χ1v) is 13.4. The number of halogens is 2. The summed E-state index contributed by atoms with van der Waals surface area (Å²) in [5.74, 6) is 2.87. The number of likely N-dealkylation sites (tertiary alicyclic amines) is 1. The number of ether oxygens (including phenoxy) is 1. The standard InChI is InChI=1S/C27H34ClFN4O3/c28-21-15-30-27(31-16-21)32-9-5-18(6-10-32)24-12-19(24)7-11-36-23-4-3-20(25(29)14-23)13-26(35)33-8-1-2-22(33)17-34/h3-4,14-16,18-19,22,24,34H,1-2,5-13,17H2. The number of aliphatic hydroxyl groups is 1. The van der Waals surface area contributed by atoms with Crippen LogP contribution in [0.3, 0.4) is 0 Å². The molecule has 2 aromatic rings. The Hall–Kier alpha value is -2.45. The van der Waals surface area contributed by atoms with Crippen molar-refractivity contribution >= 4 is 23.5 Å². The van der Waals surface area contributed by atoms with Gasteiger partial charge in [0.15, 0.2) is 0 Å². The fraction of sp³-hybridized carbons (Fsp3) is 0.593. The van der Waals surface area contributed by atoms with Gasteiger partial charge in [-0.1, -0.05) is 17.7 Å². The Kier molecular flexibility index (Phi) is 7.91. The minimum absolute atomic E-state index is 0.00925. The summed E-state index contributed by atoms with van der Waals surface area (Å²) in [5.41, 5.74) is 0.369. The van der Waals surface area contributed by atoms with Gasteiger partial charge in [0.25, 0.3) is 0 Å². The number of rotatable bonds is 9. The normalized spacial score (nSPS) is 24.2. The minimum atomic E-state index is -0.415. The highest BCUT2D eigenvalue weighted by Crippen LogP contribution is 2.49. The number of hydrogen-bond donors (Lipinski definition) is 1. The van der Waals surface area contributed by atoms with E-state index in [-0.39, 0.29) is 25.0 Å². The van der Waals surface area contributed by atoms with Crippen LogP contribution >= 0.6 is 11.6 Å². The van der Waals surface area contributed by atoms with E-state index in [2.05, 4.69) is 14.9 Å². The highest BCUT2D eigenvalue weighted by atomic mass is 35.5. The van der Waals surface area contributed by atoms with Crippen LogP contribution in [0.15, 0.2) is 30.6 Å². The van der Waals surface area contributed by atoms with Crippen LogP contribution in [0, 0.1) is 23.6 Å². The molecule has 36 heavy (non-hydrogen) atoms. The molecule has 0 bridgehead atoms. The van der Waals surface area contributed by atoms with E-state index in [0.29, 0.717) is 35.4 Å². The van der Waals surface area contributed by atoms with E-state index < -0.39 is 5.82 Å². The van der Waals surface area contributed by atoms with Crippen molar-refractivity contribution in [3.05, 3.63) is 47.0 Å². The zero-order valence-electron chi connectivity index (χ0n) is 20.5. The molecule has 0 radical (unpaired) electrons. The number of nitrogens with zero attached hydrogens (tertiary/aromatic N) is 4. The molecule has 1 saturated carbocycles. The number of carbonyl (C=O) groups excluding carboxylic acids is 1.